The Kier molecular flexibility index (Phi) is 6.25. The monoisotopic (exact) mass is 434 g/mol. The number of amides is 2. The minimum atomic E-state index is -0.351. The van der Waals surface area contributed by atoms with Gasteiger partial charge in [0, 0.05) is 48.0 Å². The van der Waals surface area contributed by atoms with Crippen molar-refractivity contribution in [3.63, 3.8) is 0 Å². The van der Waals surface area contributed by atoms with E-state index in [1.54, 1.807) is 18.2 Å². The van der Waals surface area contributed by atoms with Gasteiger partial charge in [-0.2, -0.15) is 4.98 Å². The molecule has 0 radical (unpaired) electrons. The van der Waals surface area contributed by atoms with Gasteiger partial charge >= 0.3 is 6.03 Å². The zero-order valence-corrected chi connectivity index (χ0v) is 18.3. The van der Waals surface area contributed by atoms with Crippen LogP contribution in [0.25, 0.3) is 0 Å². The lowest BCUT2D eigenvalue weighted by Crippen LogP contribution is -2.23. The summed E-state index contributed by atoms with van der Waals surface area (Å²) in [6.45, 7) is 8.09. The molecule has 2 amide bonds. The van der Waals surface area contributed by atoms with Crippen molar-refractivity contribution < 1.29 is 14.3 Å². The number of aryl methyl sites for hydroxylation is 1. The highest BCUT2D eigenvalue weighted by molar-refractivity contribution is 6.00. The number of urea groups is 1. The summed E-state index contributed by atoms with van der Waals surface area (Å²) in [5.41, 5.74) is 2.99. The van der Waals surface area contributed by atoms with Crippen LogP contribution in [0.4, 0.5) is 33.6 Å². The topological polar surface area (TPSA) is 101 Å². The zero-order valence-electron chi connectivity index (χ0n) is 18.3. The smallest absolute Gasteiger partial charge is 0.323 e. The third-order valence-electron chi connectivity index (χ3n) is 4.96. The number of ether oxygens (including phenoxy) is 2. The Balaban J connectivity index is 1.37. The summed E-state index contributed by atoms with van der Waals surface area (Å²) in [4.78, 5) is 23.6. The van der Waals surface area contributed by atoms with Crippen LogP contribution in [0.1, 0.15) is 19.5 Å². The minimum Gasteiger partial charge on any atom is -0.454 e. The third kappa shape index (κ3) is 5.00. The first-order valence-electron chi connectivity index (χ1n) is 10.5. The highest BCUT2D eigenvalue weighted by Gasteiger charge is 2.14. The fraction of sp³-hybridized carbons (Fsp3) is 0.261. The molecule has 1 aromatic heterocycles. The molecule has 4 rings (SSSR count). The highest BCUT2D eigenvalue weighted by atomic mass is 16.7. The van der Waals surface area contributed by atoms with Crippen molar-refractivity contribution in [3.05, 3.63) is 54.2 Å². The number of rotatable bonds is 7. The molecule has 0 aliphatic carbocycles. The van der Waals surface area contributed by atoms with Crippen molar-refractivity contribution in [2.45, 2.75) is 20.8 Å². The van der Waals surface area contributed by atoms with Crippen LogP contribution < -0.4 is 30.3 Å². The second-order valence-corrected chi connectivity index (χ2v) is 7.21. The van der Waals surface area contributed by atoms with Gasteiger partial charge in [0.1, 0.15) is 5.82 Å². The van der Waals surface area contributed by atoms with Crippen LogP contribution in [-0.4, -0.2) is 35.9 Å². The fourth-order valence-corrected chi connectivity index (χ4v) is 3.35. The standard InChI is InChI=1S/C23H26N6O3/c1-4-29(5-2)21-12-15(3)24-22(28-21)25-16-6-8-17(9-7-16)26-23(30)27-18-10-11-19-20(13-18)32-14-31-19/h6-13H,4-5,14H2,1-3H3,(H,24,25,28)(H2,26,27,30). The number of aromatic nitrogens is 2. The Labute approximate surface area is 186 Å². The lowest BCUT2D eigenvalue weighted by atomic mass is 10.2. The first-order chi connectivity index (χ1) is 15.5. The van der Waals surface area contributed by atoms with Crippen LogP contribution >= 0.6 is 0 Å². The lowest BCUT2D eigenvalue weighted by Gasteiger charge is -2.20. The average molecular weight is 435 g/mol. The summed E-state index contributed by atoms with van der Waals surface area (Å²) in [6, 6.07) is 14.2. The number of nitrogens with one attached hydrogen (secondary N) is 3. The molecular weight excluding hydrogens is 408 g/mol. The van der Waals surface area contributed by atoms with Crippen LogP contribution in [0.2, 0.25) is 0 Å². The van der Waals surface area contributed by atoms with Crippen molar-refractivity contribution in [1.82, 2.24) is 9.97 Å². The third-order valence-corrected chi connectivity index (χ3v) is 4.96. The molecule has 0 atom stereocenters. The van der Waals surface area contributed by atoms with Gasteiger partial charge in [0.05, 0.1) is 0 Å². The molecular formula is C23H26N6O3. The Morgan fingerprint density at radius 2 is 1.56 bits per heavy atom. The van der Waals surface area contributed by atoms with Crippen molar-refractivity contribution in [3.8, 4) is 11.5 Å². The quantitative estimate of drug-likeness (QED) is 0.493. The summed E-state index contributed by atoms with van der Waals surface area (Å²) in [5, 5.41) is 8.82. The maximum Gasteiger partial charge on any atom is 0.323 e. The van der Waals surface area contributed by atoms with E-state index in [-0.39, 0.29) is 12.8 Å². The predicted octanol–water partition coefficient (Wildman–Crippen LogP) is 4.75. The minimum absolute atomic E-state index is 0.190. The van der Waals surface area contributed by atoms with Crippen molar-refractivity contribution in [2.24, 2.45) is 0 Å². The number of hydrogen-bond donors (Lipinski definition) is 3. The maximum atomic E-state index is 12.3. The Morgan fingerprint density at radius 3 is 2.31 bits per heavy atom. The molecule has 1 aliphatic rings. The van der Waals surface area contributed by atoms with E-state index in [2.05, 4.69) is 44.7 Å². The van der Waals surface area contributed by atoms with E-state index in [9.17, 15) is 4.79 Å². The van der Waals surface area contributed by atoms with Gasteiger partial charge in [-0.3, -0.25) is 0 Å². The molecule has 0 saturated heterocycles. The zero-order chi connectivity index (χ0) is 22.5. The molecule has 2 heterocycles. The van der Waals surface area contributed by atoms with E-state index in [0.29, 0.717) is 28.8 Å². The van der Waals surface area contributed by atoms with Crippen molar-refractivity contribution in [2.75, 3.05) is 40.7 Å². The molecule has 9 nitrogen and oxygen atoms in total. The van der Waals surface area contributed by atoms with Gasteiger partial charge in [0.2, 0.25) is 12.7 Å². The molecule has 3 aromatic rings. The van der Waals surface area contributed by atoms with Gasteiger partial charge in [0.15, 0.2) is 11.5 Å². The second-order valence-electron chi connectivity index (χ2n) is 7.21. The molecule has 0 fully saturated rings. The second kappa shape index (κ2) is 9.42. The number of anilines is 5. The number of hydrogen-bond acceptors (Lipinski definition) is 7. The van der Waals surface area contributed by atoms with Crippen LogP contribution in [0.15, 0.2) is 48.5 Å². The molecule has 32 heavy (non-hydrogen) atoms. The van der Waals surface area contributed by atoms with Crippen LogP contribution in [-0.2, 0) is 0 Å². The number of nitrogens with zero attached hydrogens (tertiary/aromatic N) is 3. The Morgan fingerprint density at radius 1 is 0.906 bits per heavy atom. The van der Waals surface area contributed by atoms with Gasteiger partial charge in [-0.05, 0) is 57.2 Å². The summed E-state index contributed by atoms with van der Waals surface area (Å²) >= 11 is 0. The molecule has 0 unspecified atom stereocenters. The van der Waals surface area contributed by atoms with E-state index >= 15 is 0 Å². The molecule has 9 heteroatoms. The number of carbonyl (C=O) groups is 1. The van der Waals surface area contributed by atoms with Gasteiger partial charge in [0.25, 0.3) is 0 Å². The normalized spacial score (nSPS) is 11.7. The lowest BCUT2D eigenvalue weighted by molar-refractivity contribution is 0.174. The van der Waals surface area contributed by atoms with Gasteiger partial charge in [-0.1, -0.05) is 0 Å². The molecule has 1 aliphatic heterocycles. The average Bonchev–Trinajstić information content (AvgIpc) is 3.23. The van der Waals surface area contributed by atoms with E-state index in [1.165, 1.54) is 0 Å². The molecule has 0 spiro atoms. The van der Waals surface area contributed by atoms with Gasteiger partial charge < -0.3 is 30.3 Å². The van der Waals surface area contributed by atoms with E-state index in [4.69, 9.17) is 9.47 Å². The fourth-order valence-electron chi connectivity index (χ4n) is 3.35. The number of fused-ring (bicyclic) bond motifs is 1. The Bertz CT molecular complexity index is 1100. The highest BCUT2D eigenvalue weighted by Crippen LogP contribution is 2.34. The summed E-state index contributed by atoms with van der Waals surface area (Å²) in [7, 11) is 0. The van der Waals surface area contributed by atoms with E-state index in [0.717, 1.165) is 30.3 Å². The predicted molar refractivity (Wildman–Crippen MR) is 125 cm³/mol. The van der Waals surface area contributed by atoms with Crippen LogP contribution in [0, 0.1) is 6.92 Å². The molecule has 0 saturated carbocycles. The number of benzene rings is 2. The summed E-state index contributed by atoms with van der Waals surface area (Å²) in [5.74, 6) is 2.71. The van der Waals surface area contributed by atoms with Gasteiger partial charge in [-0.25, -0.2) is 9.78 Å². The first kappa shape index (κ1) is 21.2. The first-order valence-corrected chi connectivity index (χ1v) is 10.5. The van der Waals surface area contributed by atoms with E-state index in [1.807, 2.05) is 37.3 Å². The summed E-state index contributed by atoms with van der Waals surface area (Å²) in [6.07, 6.45) is 0. The van der Waals surface area contributed by atoms with Crippen molar-refractivity contribution >= 4 is 34.9 Å². The van der Waals surface area contributed by atoms with Gasteiger partial charge in [-0.15, -0.1) is 0 Å². The van der Waals surface area contributed by atoms with Crippen molar-refractivity contribution in [1.29, 1.82) is 0 Å². The molecule has 2 aromatic carbocycles. The Hall–Kier alpha value is -4.01. The maximum absolute atomic E-state index is 12.3. The molecule has 0 bridgehead atoms. The van der Waals surface area contributed by atoms with Crippen LogP contribution in [0.5, 0.6) is 11.5 Å². The SMILES string of the molecule is CCN(CC)c1cc(C)nc(Nc2ccc(NC(=O)Nc3ccc4c(c3)OCO4)cc2)n1. The molecule has 3 N–H and O–H groups in total. The number of carbonyl (C=O) groups excluding carboxylic acids is 1. The largest absolute Gasteiger partial charge is 0.454 e. The van der Waals surface area contributed by atoms with E-state index < -0.39 is 0 Å². The summed E-state index contributed by atoms with van der Waals surface area (Å²) < 4.78 is 10.6. The van der Waals surface area contributed by atoms with Crippen LogP contribution in [0.3, 0.4) is 0 Å². The molecule has 166 valence electrons.